The average Bonchev–Trinajstić information content (AvgIpc) is 3.00. The maximum Gasteiger partial charge on any atom is 0.314 e. The van der Waals surface area contributed by atoms with E-state index in [1.54, 1.807) is 30.6 Å². The summed E-state index contributed by atoms with van der Waals surface area (Å²) in [6.45, 7) is 3.12. The molecule has 1 heterocycles. The van der Waals surface area contributed by atoms with Crippen molar-refractivity contribution in [3.05, 3.63) is 47.0 Å². The van der Waals surface area contributed by atoms with E-state index in [0.717, 1.165) is 12.2 Å². The lowest BCUT2D eigenvalue weighted by molar-refractivity contribution is 0.173. The van der Waals surface area contributed by atoms with Gasteiger partial charge in [-0.25, -0.2) is 4.79 Å². The van der Waals surface area contributed by atoms with Gasteiger partial charge in [0.2, 0.25) is 0 Å². The SMILES string of the molecule is CCc1nncn1CCNC(=O)NCC(O)c1ccccc1Cl. The number of nitrogens with one attached hydrogen (secondary N) is 2. The summed E-state index contributed by atoms with van der Waals surface area (Å²) in [4.78, 5) is 11.7. The molecule has 2 amide bonds. The third-order valence-electron chi connectivity index (χ3n) is 3.37. The van der Waals surface area contributed by atoms with E-state index in [4.69, 9.17) is 11.6 Å². The van der Waals surface area contributed by atoms with E-state index < -0.39 is 6.10 Å². The Hall–Kier alpha value is -2.12. The molecule has 0 saturated heterocycles. The first-order valence-electron chi connectivity index (χ1n) is 7.42. The van der Waals surface area contributed by atoms with Crippen molar-refractivity contribution in [2.75, 3.05) is 13.1 Å². The zero-order chi connectivity index (χ0) is 16.7. The molecule has 23 heavy (non-hydrogen) atoms. The first-order chi connectivity index (χ1) is 11.1. The molecular weight excluding hydrogens is 318 g/mol. The van der Waals surface area contributed by atoms with Gasteiger partial charge in [0.05, 0.1) is 6.10 Å². The van der Waals surface area contributed by atoms with Crippen molar-refractivity contribution in [1.82, 2.24) is 25.4 Å². The second kappa shape index (κ2) is 8.50. The van der Waals surface area contributed by atoms with Crippen LogP contribution in [0.1, 0.15) is 24.4 Å². The summed E-state index contributed by atoms with van der Waals surface area (Å²) in [5.41, 5.74) is 0.589. The number of aliphatic hydroxyl groups is 1. The predicted molar refractivity (Wildman–Crippen MR) is 87.2 cm³/mol. The van der Waals surface area contributed by atoms with Crippen LogP contribution >= 0.6 is 11.6 Å². The second-order valence-electron chi connectivity index (χ2n) is 4.97. The fourth-order valence-corrected chi connectivity index (χ4v) is 2.40. The molecule has 2 aromatic rings. The second-order valence-corrected chi connectivity index (χ2v) is 5.38. The fraction of sp³-hybridized carbons (Fsp3) is 0.400. The highest BCUT2D eigenvalue weighted by Crippen LogP contribution is 2.21. The summed E-state index contributed by atoms with van der Waals surface area (Å²) in [5, 5.41) is 23.7. The molecule has 0 aliphatic rings. The predicted octanol–water partition coefficient (Wildman–Crippen LogP) is 1.53. The van der Waals surface area contributed by atoms with E-state index in [1.165, 1.54) is 0 Å². The highest BCUT2D eigenvalue weighted by Gasteiger charge is 2.12. The summed E-state index contributed by atoms with van der Waals surface area (Å²) in [6.07, 6.45) is 1.58. The van der Waals surface area contributed by atoms with Crippen molar-refractivity contribution >= 4 is 17.6 Å². The van der Waals surface area contributed by atoms with Gasteiger partial charge < -0.3 is 20.3 Å². The van der Waals surface area contributed by atoms with Crippen molar-refractivity contribution in [3.63, 3.8) is 0 Å². The number of amides is 2. The first kappa shape index (κ1) is 17.2. The molecule has 1 aromatic carbocycles. The van der Waals surface area contributed by atoms with Gasteiger partial charge in [-0.1, -0.05) is 36.7 Å². The summed E-state index contributed by atoms with van der Waals surface area (Å²) in [6, 6.07) is 6.65. The van der Waals surface area contributed by atoms with Crippen molar-refractivity contribution in [2.24, 2.45) is 0 Å². The Balaban J connectivity index is 1.72. The molecule has 1 unspecified atom stereocenters. The number of urea groups is 1. The third-order valence-corrected chi connectivity index (χ3v) is 3.71. The van der Waals surface area contributed by atoms with Crippen molar-refractivity contribution in [1.29, 1.82) is 0 Å². The monoisotopic (exact) mass is 337 g/mol. The number of rotatable bonds is 7. The van der Waals surface area contributed by atoms with E-state index in [-0.39, 0.29) is 12.6 Å². The van der Waals surface area contributed by atoms with Crippen molar-refractivity contribution < 1.29 is 9.90 Å². The minimum Gasteiger partial charge on any atom is -0.387 e. The van der Waals surface area contributed by atoms with Crippen LogP contribution in [-0.2, 0) is 13.0 Å². The molecule has 0 bridgehead atoms. The zero-order valence-electron chi connectivity index (χ0n) is 12.9. The number of hydrogen-bond donors (Lipinski definition) is 3. The largest absolute Gasteiger partial charge is 0.387 e. The summed E-state index contributed by atoms with van der Waals surface area (Å²) >= 11 is 6.00. The molecule has 0 radical (unpaired) electrons. The number of halogens is 1. The van der Waals surface area contributed by atoms with Crippen molar-refractivity contribution in [2.45, 2.75) is 26.0 Å². The Morgan fingerprint density at radius 1 is 1.39 bits per heavy atom. The quantitative estimate of drug-likeness (QED) is 0.714. The number of aromatic nitrogens is 3. The highest BCUT2D eigenvalue weighted by molar-refractivity contribution is 6.31. The lowest BCUT2D eigenvalue weighted by Gasteiger charge is -2.14. The molecule has 124 valence electrons. The molecule has 0 spiro atoms. The van der Waals surface area contributed by atoms with Crippen LogP contribution in [0.2, 0.25) is 5.02 Å². The first-order valence-corrected chi connectivity index (χ1v) is 7.80. The van der Waals surface area contributed by atoms with Crippen LogP contribution in [0, 0.1) is 0 Å². The molecule has 2 rings (SSSR count). The van der Waals surface area contributed by atoms with Crippen LogP contribution in [0.5, 0.6) is 0 Å². The standard InChI is InChI=1S/C15H20ClN5O2/c1-2-14-20-19-10-21(14)8-7-17-15(23)18-9-13(22)11-5-3-4-6-12(11)16/h3-6,10,13,22H,2,7-9H2,1H3,(H2,17,18,23). The molecule has 8 heteroatoms. The molecule has 0 fully saturated rings. The molecule has 0 saturated carbocycles. The number of aliphatic hydroxyl groups excluding tert-OH is 1. The number of carbonyl (C=O) groups is 1. The minimum absolute atomic E-state index is 0.0857. The van der Waals surface area contributed by atoms with Crippen LogP contribution in [0.25, 0.3) is 0 Å². The Labute approximate surface area is 139 Å². The number of nitrogens with zero attached hydrogens (tertiary/aromatic N) is 3. The number of carbonyl (C=O) groups excluding carboxylic acids is 1. The molecular formula is C15H20ClN5O2. The van der Waals surface area contributed by atoms with Crippen LogP contribution in [-0.4, -0.2) is 39.0 Å². The maximum atomic E-state index is 11.7. The smallest absolute Gasteiger partial charge is 0.314 e. The summed E-state index contributed by atoms with van der Waals surface area (Å²) in [7, 11) is 0. The van der Waals surface area contributed by atoms with Crippen molar-refractivity contribution in [3.8, 4) is 0 Å². The van der Waals surface area contributed by atoms with E-state index >= 15 is 0 Å². The minimum atomic E-state index is -0.848. The van der Waals surface area contributed by atoms with Crippen LogP contribution < -0.4 is 10.6 Å². The number of benzene rings is 1. The van der Waals surface area contributed by atoms with Gasteiger partial charge >= 0.3 is 6.03 Å². The van der Waals surface area contributed by atoms with Gasteiger partial charge in [-0.05, 0) is 6.07 Å². The highest BCUT2D eigenvalue weighted by atomic mass is 35.5. The molecule has 3 N–H and O–H groups in total. The van der Waals surface area contributed by atoms with Crippen LogP contribution in [0.15, 0.2) is 30.6 Å². The Morgan fingerprint density at radius 2 is 2.17 bits per heavy atom. The lowest BCUT2D eigenvalue weighted by atomic mass is 10.1. The van der Waals surface area contributed by atoms with Crippen LogP contribution in [0.3, 0.4) is 0 Å². The maximum absolute atomic E-state index is 11.7. The molecule has 7 nitrogen and oxygen atoms in total. The summed E-state index contributed by atoms with van der Waals surface area (Å²) < 4.78 is 1.89. The van der Waals surface area contributed by atoms with E-state index in [2.05, 4.69) is 20.8 Å². The zero-order valence-corrected chi connectivity index (χ0v) is 13.6. The average molecular weight is 338 g/mol. The Bertz CT molecular complexity index is 646. The van der Waals surface area contributed by atoms with Gasteiger partial charge in [0, 0.05) is 36.6 Å². The van der Waals surface area contributed by atoms with Gasteiger partial charge in [0.1, 0.15) is 12.2 Å². The normalized spacial score (nSPS) is 12.0. The number of aryl methyl sites for hydroxylation is 1. The van der Waals surface area contributed by atoms with Gasteiger partial charge in [0.15, 0.2) is 0 Å². The molecule has 1 atom stereocenters. The molecule has 1 aromatic heterocycles. The van der Waals surface area contributed by atoms with Gasteiger partial charge in [-0.2, -0.15) is 0 Å². The van der Waals surface area contributed by atoms with Gasteiger partial charge in [-0.3, -0.25) is 0 Å². The lowest BCUT2D eigenvalue weighted by Crippen LogP contribution is -2.39. The fourth-order valence-electron chi connectivity index (χ4n) is 2.14. The van der Waals surface area contributed by atoms with Gasteiger partial charge in [0.25, 0.3) is 0 Å². The van der Waals surface area contributed by atoms with Crippen LogP contribution in [0.4, 0.5) is 4.79 Å². The molecule has 0 aliphatic carbocycles. The molecule has 0 aliphatic heterocycles. The summed E-state index contributed by atoms with van der Waals surface area (Å²) in [5.74, 6) is 0.876. The van der Waals surface area contributed by atoms with Gasteiger partial charge in [-0.15, -0.1) is 10.2 Å². The van der Waals surface area contributed by atoms with E-state index in [0.29, 0.717) is 23.7 Å². The topological polar surface area (TPSA) is 92.1 Å². The van der Waals surface area contributed by atoms with E-state index in [1.807, 2.05) is 11.5 Å². The third kappa shape index (κ3) is 4.94. The Morgan fingerprint density at radius 3 is 2.91 bits per heavy atom. The number of hydrogen-bond acceptors (Lipinski definition) is 4. The Kier molecular flexibility index (Phi) is 6.37. The van der Waals surface area contributed by atoms with E-state index in [9.17, 15) is 9.90 Å².